The molecule has 1 aromatic carbocycles. The highest BCUT2D eigenvalue weighted by molar-refractivity contribution is 5.85. The maximum Gasteiger partial charge on any atom is 0.356 e. The minimum Gasteiger partial charge on any atom is -0.491 e. The molecular weight excluding hydrogens is 294 g/mol. The molecule has 23 heavy (non-hydrogen) atoms. The Kier molecular flexibility index (Phi) is 5.75. The number of nitriles is 1. The van der Waals surface area contributed by atoms with Crippen LogP contribution in [0.5, 0.6) is 5.75 Å². The highest BCUT2D eigenvalue weighted by atomic mass is 16.5. The molecule has 0 spiro atoms. The molecule has 2 rings (SSSR count). The summed E-state index contributed by atoms with van der Waals surface area (Å²) in [5, 5.41) is 18.0. The van der Waals surface area contributed by atoms with Crippen LogP contribution in [-0.2, 0) is 0 Å². The number of carboxylic acid groups (broad SMARTS) is 1. The first-order valence-electron chi connectivity index (χ1n) is 7.54. The summed E-state index contributed by atoms with van der Waals surface area (Å²) in [5.41, 5.74) is 0.698. The van der Waals surface area contributed by atoms with Crippen molar-refractivity contribution in [1.82, 2.24) is 9.55 Å². The lowest BCUT2D eigenvalue weighted by Crippen LogP contribution is -2.07. The van der Waals surface area contributed by atoms with Gasteiger partial charge in [-0.05, 0) is 25.0 Å². The molecule has 1 N–H and O–H groups in total. The Balaban J connectivity index is 2.08. The van der Waals surface area contributed by atoms with Gasteiger partial charge in [0.25, 0.3) is 0 Å². The highest BCUT2D eigenvalue weighted by Crippen LogP contribution is 2.23. The van der Waals surface area contributed by atoms with E-state index in [1.807, 2.05) is 24.3 Å². The third-order valence-electron chi connectivity index (χ3n) is 3.49. The van der Waals surface area contributed by atoms with Crippen LogP contribution in [0.3, 0.4) is 0 Å². The lowest BCUT2D eigenvalue weighted by atomic mass is 10.0. The number of imidazole rings is 1. The van der Waals surface area contributed by atoms with Crippen molar-refractivity contribution in [2.45, 2.75) is 26.2 Å². The second-order valence-corrected chi connectivity index (χ2v) is 5.19. The number of rotatable bonds is 8. The van der Waals surface area contributed by atoms with Crippen molar-refractivity contribution in [3.05, 3.63) is 42.5 Å². The molecule has 0 fully saturated rings. The zero-order chi connectivity index (χ0) is 16.7. The van der Waals surface area contributed by atoms with E-state index in [0.717, 1.165) is 18.5 Å². The zero-order valence-corrected chi connectivity index (χ0v) is 13.0. The predicted octanol–water partition coefficient (Wildman–Crippen LogP) is 3.28. The third kappa shape index (κ3) is 4.33. The largest absolute Gasteiger partial charge is 0.491 e. The van der Waals surface area contributed by atoms with Crippen LogP contribution >= 0.6 is 0 Å². The number of aromatic nitrogens is 2. The molecule has 1 atom stereocenters. The average molecular weight is 313 g/mol. The van der Waals surface area contributed by atoms with Gasteiger partial charge in [-0.15, -0.1) is 0 Å². The van der Waals surface area contributed by atoms with E-state index in [-0.39, 0.29) is 11.6 Å². The Hall–Kier alpha value is -2.81. The molecule has 0 bridgehead atoms. The molecule has 0 saturated carbocycles. The highest BCUT2D eigenvalue weighted by Gasteiger charge is 2.11. The number of hydrogen-bond acceptors (Lipinski definition) is 4. The van der Waals surface area contributed by atoms with E-state index in [9.17, 15) is 4.79 Å². The summed E-state index contributed by atoms with van der Waals surface area (Å²) in [6.45, 7) is 2.50. The van der Waals surface area contributed by atoms with Crippen LogP contribution in [0, 0.1) is 17.2 Å². The Morgan fingerprint density at radius 2 is 2.22 bits per heavy atom. The van der Waals surface area contributed by atoms with Gasteiger partial charge in [0, 0.05) is 12.1 Å². The number of aromatic carboxylic acids is 1. The SMILES string of the molecule is CCCC(C#N)CCOc1ccccc1-n1cnc(C(=O)O)c1. The monoisotopic (exact) mass is 313 g/mol. The Morgan fingerprint density at radius 1 is 1.43 bits per heavy atom. The number of benzene rings is 1. The minimum absolute atomic E-state index is 0.000907. The molecule has 0 radical (unpaired) electrons. The van der Waals surface area contributed by atoms with Crippen molar-refractivity contribution in [3.63, 3.8) is 0 Å². The molecule has 0 aliphatic rings. The van der Waals surface area contributed by atoms with Gasteiger partial charge in [0.2, 0.25) is 0 Å². The van der Waals surface area contributed by atoms with Crippen LogP contribution in [0.1, 0.15) is 36.7 Å². The van der Waals surface area contributed by atoms with Gasteiger partial charge in [-0.25, -0.2) is 9.78 Å². The lowest BCUT2D eigenvalue weighted by molar-refractivity contribution is 0.0691. The van der Waals surface area contributed by atoms with Crippen molar-refractivity contribution < 1.29 is 14.6 Å². The Bertz CT molecular complexity index is 703. The minimum atomic E-state index is -1.07. The molecule has 1 unspecified atom stereocenters. The molecule has 1 heterocycles. The van der Waals surface area contributed by atoms with Crippen molar-refractivity contribution in [2.24, 2.45) is 5.92 Å². The maximum absolute atomic E-state index is 10.9. The molecule has 6 heteroatoms. The van der Waals surface area contributed by atoms with Crippen LogP contribution in [0.2, 0.25) is 0 Å². The van der Waals surface area contributed by atoms with Crippen LogP contribution in [0.4, 0.5) is 0 Å². The Labute approximate surface area is 135 Å². The van der Waals surface area contributed by atoms with Crippen LogP contribution in [0.15, 0.2) is 36.8 Å². The fourth-order valence-electron chi connectivity index (χ4n) is 2.29. The van der Waals surface area contributed by atoms with Crippen LogP contribution < -0.4 is 4.74 Å². The van der Waals surface area contributed by atoms with Gasteiger partial charge in [0.05, 0.1) is 18.4 Å². The first-order chi connectivity index (χ1) is 11.2. The molecule has 2 aromatic rings. The fraction of sp³-hybridized carbons (Fsp3) is 0.353. The topological polar surface area (TPSA) is 88.1 Å². The molecule has 120 valence electrons. The van der Waals surface area contributed by atoms with Crippen molar-refractivity contribution >= 4 is 5.97 Å². The second-order valence-electron chi connectivity index (χ2n) is 5.19. The van der Waals surface area contributed by atoms with Gasteiger partial charge < -0.3 is 14.4 Å². The van der Waals surface area contributed by atoms with Gasteiger partial charge in [-0.1, -0.05) is 25.5 Å². The third-order valence-corrected chi connectivity index (χ3v) is 3.49. The number of carbonyl (C=O) groups is 1. The van der Waals surface area contributed by atoms with E-state index in [4.69, 9.17) is 15.1 Å². The summed E-state index contributed by atoms with van der Waals surface area (Å²) in [7, 11) is 0. The molecule has 0 saturated heterocycles. The van der Waals surface area contributed by atoms with Crippen LogP contribution in [-0.4, -0.2) is 27.2 Å². The molecular formula is C17H19N3O3. The number of para-hydroxylation sites is 2. The van der Waals surface area contributed by atoms with Gasteiger partial charge >= 0.3 is 5.97 Å². The van der Waals surface area contributed by atoms with E-state index in [0.29, 0.717) is 18.8 Å². The maximum atomic E-state index is 10.9. The lowest BCUT2D eigenvalue weighted by Gasteiger charge is -2.13. The van der Waals surface area contributed by atoms with Gasteiger partial charge in [0.15, 0.2) is 5.69 Å². The smallest absolute Gasteiger partial charge is 0.356 e. The molecule has 0 aliphatic heterocycles. The molecule has 0 aliphatic carbocycles. The van der Waals surface area contributed by atoms with Crippen molar-refractivity contribution in [1.29, 1.82) is 5.26 Å². The quantitative estimate of drug-likeness (QED) is 0.808. The van der Waals surface area contributed by atoms with Crippen molar-refractivity contribution in [3.8, 4) is 17.5 Å². The number of carboxylic acids is 1. The summed E-state index contributed by atoms with van der Waals surface area (Å²) >= 11 is 0. The summed E-state index contributed by atoms with van der Waals surface area (Å²) in [5.74, 6) is -0.437. The normalized spacial score (nSPS) is 11.7. The molecule has 6 nitrogen and oxygen atoms in total. The van der Waals surface area contributed by atoms with Crippen LogP contribution in [0.25, 0.3) is 5.69 Å². The second kappa shape index (κ2) is 7.99. The predicted molar refractivity (Wildman–Crippen MR) is 84.6 cm³/mol. The van der Waals surface area contributed by atoms with Gasteiger partial charge in [-0.2, -0.15) is 5.26 Å². The van der Waals surface area contributed by atoms with Gasteiger partial charge in [-0.3, -0.25) is 0 Å². The molecule has 1 aromatic heterocycles. The summed E-state index contributed by atoms with van der Waals surface area (Å²) in [4.78, 5) is 14.8. The molecule has 0 amide bonds. The summed E-state index contributed by atoms with van der Waals surface area (Å²) in [6.07, 6.45) is 5.40. The van der Waals surface area contributed by atoms with Crippen molar-refractivity contribution in [2.75, 3.05) is 6.61 Å². The zero-order valence-electron chi connectivity index (χ0n) is 13.0. The Morgan fingerprint density at radius 3 is 2.87 bits per heavy atom. The van der Waals surface area contributed by atoms with E-state index in [1.54, 1.807) is 4.57 Å². The first-order valence-corrected chi connectivity index (χ1v) is 7.54. The summed E-state index contributed by atoms with van der Waals surface area (Å²) in [6, 6.07) is 9.63. The number of ether oxygens (including phenoxy) is 1. The first kappa shape index (κ1) is 16.6. The van der Waals surface area contributed by atoms with E-state index < -0.39 is 5.97 Å². The number of hydrogen-bond donors (Lipinski definition) is 1. The van der Waals surface area contributed by atoms with E-state index in [1.165, 1.54) is 12.5 Å². The summed E-state index contributed by atoms with van der Waals surface area (Å²) < 4.78 is 7.41. The van der Waals surface area contributed by atoms with E-state index in [2.05, 4.69) is 18.0 Å². The fourth-order valence-corrected chi connectivity index (χ4v) is 2.29. The number of nitrogens with zero attached hydrogens (tertiary/aromatic N) is 3. The average Bonchev–Trinajstić information content (AvgIpc) is 3.04. The van der Waals surface area contributed by atoms with Gasteiger partial charge in [0.1, 0.15) is 12.1 Å². The van der Waals surface area contributed by atoms with E-state index >= 15 is 0 Å². The standard InChI is InChI=1S/C17H19N3O3/c1-2-5-13(10-18)8-9-23-16-7-4-3-6-15(16)20-11-14(17(21)22)19-12-20/h3-4,6-7,11-13H,2,5,8-9H2,1H3,(H,21,22).